The fourth-order valence-corrected chi connectivity index (χ4v) is 2.67. The quantitative estimate of drug-likeness (QED) is 0.855. The molecule has 0 saturated heterocycles. The molecule has 0 spiro atoms. The Balaban J connectivity index is 2.04. The number of hydrogen-bond donors (Lipinski definition) is 2. The van der Waals surface area contributed by atoms with E-state index in [-0.39, 0.29) is 5.91 Å². The van der Waals surface area contributed by atoms with Crippen molar-refractivity contribution in [3.63, 3.8) is 0 Å². The van der Waals surface area contributed by atoms with Crippen molar-refractivity contribution in [3.8, 4) is 11.8 Å². The van der Waals surface area contributed by atoms with Crippen molar-refractivity contribution >= 4 is 28.8 Å². The summed E-state index contributed by atoms with van der Waals surface area (Å²) >= 11 is 7.52. The molecule has 0 radical (unpaired) electrons. The van der Waals surface area contributed by atoms with Gasteiger partial charge in [0, 0.05) is 21.0 Å². The largest absolute Gasteiger partial charge is 0.347 e. The van der Waals surface area contributed by atoms with Gasteiger partial charge in [0.1, 0.15) is 0 Å². The lowest BCUT2D eigenvalue weighted by Crippen LogP contribution is -2.22. The molecule has 1 aromatic carbocycles. The van der Waals surface area contributed by atoms with E-state index in [2.05, 4.69) is 17.2 Å². The molecule has 0 saturated carbocycles. The van der Waals surface area contributed by atoms with Crippen LogP contribution in [-0.2, 0) is 6.54 Å². The van der Waals surface area contributed by atoms with Gasteiger partial charge in [-0.05, 0) is 42.1 Å². The number of rotatable bonds is 3. The average molecular weight is 319 g/mol. The maximum absolute atomic E-state index is 12.1. The molecule has 0 aliphatic rings. The normalized spacial score (nSPS) is 9.86. The predicted molar refractivity (Wildman–Crippen MR) is 87.6 cm³/mol. The third-order valence-corrected chi connectivity index (χ3v) is 4.25. The minimum atomic E-state index is -0.124. The summed E-state index contributed by atoms with van der Waals surface area (Å²) in [6.45, 7) is 2.65. The van der Waals surface area contributed by atoms with Crippen molar-refractivity contribution in [3.05, 3.63) is 56.2 Å². The Bertz CT molecular complexity index is 713. The van der Waals surface area contributed by atoms with Gasteiger partial charge in [0.05, 0.1) is 13.1 Å². The number of carbonyl (C=O) groups is 1. The highest BCUT2D eigenvalue weighted by Crippen LogP contribution is 2.18. The third-order valence-electron chi connectivity index (χ3n) is 2.90. The van der Waals surface area contributed by atoms with Crippen LogP contribution in [0.3, 0.4) is 0 Å². The number of benzene rings is 1. The van der Waals surface area contributed by atoms with E-state index in [1.165, 1.54) is 0 Å². The molecule has 0 unspecified atom stereocenters. The Kier molecular flexibility index (Phi) is 5.40. The Morgan fingerprint density at radius 3 is 2.95 bits per heavy atom. The van der Waals surface area contributed by atoms with Crippen LogP contribution in [-0.4, -0.2) is 12.5 Å². The molecule has 0 bridgehead atoms. The minimum absolute atomic E-state index is 0.124. The summed E-state index contributed by atoms with van der Waals surface area (Å²) in [5.74, 6) is 5.70. The molecule has 1 aromatic heterocycles. The zero-order valence-electron chi connectivity index (χ0n) is 11.6. The van der Waals surface area contributed by atoms with E-state index in [0.717, 1.165) is 16.0 Å². The number of aryl methyl sites for hydroxylation is 1. The Morgan fingerprint density at radius 1 is 1.43 bits per heavy atom. The lowest BCUT2D eigenvalue weighted by molar-refractivity contribution is 0.0951. The van der Waals surface area contributed by atoms with Gasteiger partial charge in [-0.2, -0.15) is 0 Å². The van der Waals surface area contributed by atoms with E-state index < -0.39 is 0 Å². The summed E-state index contributed by atoms with van der Waals surface area (Å²) in [7, 11) is 0. The van der Waals surface area contributed by atoms with Crippen molar-refractivity contribution in [1.82, 2.24) is 5.32 Å². The van der Waals surface area contributed by atoms with Gasteiger partial charge < -0.3 is 11.1 Å². The number of halogens is 1. The first-order valence-electron chi connectivity index (χ1n) is 6.41. The lowest BCUT2D eigenvalue weighted by Gasteiger charge is -2.06. The number of nitrogens with two attached hydrogens (primary N) is 1. The smallest absolute Gasteiger partial charge is 0.251 e. The van der Waals surface area contributed by atoms with E-state index in [9.17, 15) is 4.79 Å². The van der Waals surface area contributed by atoms with Gasteiger partial charge in [0.2, 0.25) is 0 Å². The molecule has 0 fully saturated rings. The lowest BCUT2D eigenvalue weighted by atomic mass is 10.1. The van der Waals surface area contributed by atoms with Crippen LogP contribution < -0.4 is 11.1 Å². The van der Waals surface area contributed by atoms with E-state index in [1.807, 2.05) is 18.4 Å². The third kappa shape index (κ3) is 4.08. The number of hydrogen-bond acceptors (Lipinski definition) is 3. The summed E-state index contributed by atoms with van der Waals surface area (Å²) < 4.78 is 0. The Morgan fingerprint density at radius 2 is 2.24 bits per heavy atom. The van der Waals surface area contributed by atoms with E-state index in [1.54, 1.807) is 29.5 Å². The second-order valence-electron chi connectivity index (χ2n) is 4.41. The maximum Gasteiger partial charge on any atom is 0.251 e. The SMILES string of the molecule is Cc1cc(C(=O)NCc2sccc2C#CCN)ccc1Cl. The molecular weight excluding hydrogens is 304 g/mol. The minimum Gasteiger partial charge on any atom is -0.347 e. The fraction of sp³-hybridized carbons (Fsp3) is 0.188. The predicted octanol–water partition coefficient (Wildman–Crippen LogP) is 2.95. The standard InChI is InChI=1S/C16H15ClN2OS/c1-11-9-13(4-5-14(11)17)16(20)19-10-15-12(3-2-7-18)6-8-21-15/h4-6,8-9H,7,10,18H2,1H3,(H,19,20). The summed E-state index contributed by atoms with van der Waals surface area (Å²) in [5.41, 5.74) is 7.77. The zero-order valence-corrected chi connectivity index (χ0v) is 13.1. The van der Waals surface area contributed by atoms with Crippen LogP contribution in [0, 0.1) is 18.8 Å². The highest BCUT2D eigenvalue weighted by molar-refractivity contribution is 7.10. The van der Waals surface area contributed by atoms with Crippen molar-refractivity contribution in [2.75, 3.05) is 6.54 Å². The molecule has 21 heavy (non-hydrogen) atoms. The van der Waals surface area contributed by atoms with Gasteiger partial charge >= 0.3 is 0 Å². The molecule has 5 heteroatoms. The van der Waals surface area contributed by atoms with Crippen LogP contribution in [0.15, 0.2) is 29.6 Å². The molecule has 0 aliphatic heterocycles. The highest BCUT2D eigenvalue weighted by atomic mass is 35.5. The molecular formula is C16H15ClN2OS. The van der Waals surface area contributed by atoms with Crippen molar-refractivity contribution in [2.45, 2.75) is 13.5 Å². The fourth-order valence-electron chi connectivity index (χ4n) is 1.78. The maximum atomic E-state index is 12.1. The van der Waals surface area contributed by atoms with Crippen LogP contribution in [0.1, 0.15) is 26.4 Å². The average Bonchev–Trinajstić information content (AvgIpc) is 2.92. The first-order chi connectivity index (χ1) is 10.1. The van der Waals surface area contributed by atoms with Gasteiger partial charge in [0.15, 0.2) is 0 Å². The number of nitrogens with one attached hydrogen (secondary N) is 1. The topological polar surface area (TPSA) is 55.1 Å². The number of thiophene rings is 1. The van der Waals surface area contributed by atoms with E-state index in [0.29, 0.717) is 23.7 Å². The van der Waals surface area contributed by atoms with Crippen molar-refractivity contribution in [1.29, 1.82) is 0 Å². The summed E-state index contributed by atoms with van der Waals surface area (Å²) in [6, 6.07) is 7.16. The van der Waals surface area contributed by atoms with Gasteiger partial charge in [-0.3, -0.25) is 4.79 Å². The van der Waals surface area contributed by atoms with Crippen molar-refractivity contribution < 1.29 is 4.79 Å². The van der Waals surface area contributed by atoms with Gasteiger partial charge in [0.25, 0.3) is 5.91 Å². The second kappa shape index (κ2) is 7.28. The van der Waals surface area contributed by atoms with Crippen LogP contribution in [0.5, 0.6) is 0 Å². The molecule has 0 aliphatic carbocycles. The summed E-state index contributed by atoms with van der Waals surface area (Å²) in [4.78, 5) is 13.1. The summed E-state index contributed by atoms with van der Waals surface area (Å²) in [5, 5.41) is 5.50. The second-order valence-corrected chi connectivity index (χ2v) is 5.82. The molecule has 1 heterocycles. The molecule has 3 N–H and O–H groups in total. The Hall–Kier alpha value is -1.80. The van der Waals surface area contributed by atoms with E-state index >= 15 is 0 Å². The first-order valence-corrected chi connectivity index (χ1v) is 7.67. The van der Waals surface area contributed by atoms with E-state index in [4.69, 9.17) is 17.3 Å². The Labute approximate surface area is 133 Å². The van der Waals surface area contributed by atoms with Crippen LogP contribution >= 0.6 is 22.9 Å². The van der Waals surface area contributed by atoms with Gasteiger partial charge in [-0.15, -0.1) is 11.3 Å². The molecule has 0 atom stereocenters. The van der Waals surface area contributed by atoms with Crippen LogP contribution in [0.25, 0.3) is 0 Å². The zero-order chi connectivity index (χ0) is 15.2. The van der Waals surface area contributed by atoms with Crippen molar-refractivity contribution in [2.24, 2.45) is 5.73 Å². The molecule has 2 rings (SSSR count). The monoisotopic (exact) mass is 318 g/mol. The number of amides is 1. The number of carbonyl (C=O) groups excluding carboxylic acids is 1. The molecule has 1 amide bonds. The molecule has 108 valence electrons. The highest BCUT2D eigenvalue weighted by Gasteiger charge is 2.08. The molecule has 3 nitrogen and oxygen atoms in total. The summed E-state index contributed by atoms with van der Waals surface area (Å²) in [6.07, 6.45) is 0. The molecule has 2 aromatic rings. The van der Waals surface area contributed by atoms with Gasteiger partial charge in [-0.25, -0.2) is 0 Å². The van der Waals surface area contributed by atoms with Gasteiger partial charge in [-0.1, -0.05) is 23.4 Å². The van der Waals surface area contributed by atoms with Crippen LogP contribution in [0.4, 0.5) is 0 Å². The van der Waals surface area contributed by atoms with Crippen LogP contribution in [0.2, 0.25) is 5.02 Å². The first kappa shape index (κ1) is 15.6.